The molecule has 1 amide bonds. The molecule has 0 spiro atoms. The summed E-state index contributed by atoms with van der Waals surface area (Å²) in [6, 6.07) is 9.46. The largest absolute Gasteiger partial charge is 0.356 e. The zero-order valence-electron chi connectivity index (χ0n) is 10.9. The van der Waals surface area contributed by atoms with Crippen LogP contribution in [0.1, 0.15) is 11.3 Å². The third kappa shape index (κ3) is 2.44. The Bertz CT molecular complexity index is 660. The highest BCUT2D eigenvalue weighted by atomic mass is 35.5. The predicted molar refractivity (Wildman–Crippen MR) is 78.0 cm³/mol. The van der Waals surface area contributed by atoms with Gasteiger partial charge in [-0.3, -0.25) is 4.79 Å². The van der Waals surface area contributed by atoms with Gasteiger partial charge >= 0.3 is 0 Å². The number of nitrogens with zero attached hydrogens (tertiary/aromatic N) is 2. The van der Waals surface area contributed by atoms with Crippen molar-refractivity contribution in [1.82, 2.24) is 9.97 Å². The van der Waals surface area contributed by atoms with Crippen LogP contribution < -0.4 is 10.6 Å². The van der Waals surface area contributed by atoms with Crippen LogP contribution in [0.3, 0.4) is 0 Å². The lowest BCUT2D eigenvalue weighted by molar-refractivity contribution is -0.117. The van der Waals surface area contributed by atoms with Crippen molar-refractivity contribution in [3.63, 3.8) is 0 Å². The summed E-state index contributed by atoms with van der Waals surface area (Å²) >= 11 is 5.85. The average molecular weight is 289 g/mol. The molecule has 2 N–H and O–H groups in total. The summed E-state index contributed by atoms with van der Waals surface area (Å²) in [5.74, 6) is 0.485. The number of aryl methyl sites for hydroxylation is 1. The maximum Gasteiger partial charge on any atom is 0.247 e. The fourth-order valence-electron chi connectivity index (χ4n) is 2.23. The van der Waals surface area contributed by atoms with Crippen molar-refractivity contribution in [2.45, 2.75) is 19.4 Å². The van der Waals surface area contributed by atoms with Crippen LogP contribution in [0.5, 0.6) is 0 Å². The minimum atomic E-state index is -0.365. The van der Waals surface area contributed by atoms with E-state index in [2.05, 4.69) is 20.6 Å². The quantitative estimate of drug-likeness (QED) is 0.833. The Morgan fingerprint density at radius 3 is 2.75 bits per heavy atom. The minimum Gasteiger partial charge on any atom is -0.356 e. The second-order valence-electron chi connectivity index (χ2n) is 4.68. The fourth-order valence-corrected chi connectivity index (χ4v) is 2.44. The second-order valence-corrected chi connectivity index (χ2v) is 5.02. The van der Waals surface area contributed by atoms with Crippen molar-refractivity contribution in [1.29, 1.82) is 0 Å². The third-order valence-electron chi connectivity index (χ3n) is 3.22. The van der Waals surface area contributed by atoms with E-state index in [1.165, 1.54) is 0 Å². The van der Waals surface area contributed by atoms with Crippen LogP contribution in [-0.2, 0) is 11.2 Å². The Hall–Kier alpha value is -2.14. The molecule has 3 rings (SSSR count). The number of carbonyl (C=O) groups excluding carboxylic acids is 1. The van der Waals surface area contributed by atoms with E-state index in [1.54, 1.807) is 6.92 Å². The number of rotatable bonds is 2. The van der Waals surface area contributed by atoms with Gasteiger partial charge in [-0.05, 0) is 24.1 Å². The number of hydrogen-bond donors (Lipinski definition) is 2. The van der Waals surface area contributed by atoms with Crippen LogP contribution in [-0.4, -0.2) is 21.9 Å². The van der Waals surface area contributed by atoms with E-state index in [-0.39, 0.29) is 17.2 Å². The zero-order valence-corrected chi connectivity index (χ0v) is 11.6. The number of carbonyl (C=O) groups is 1. The molecule has 1 aromatic heterocycles. The standard InChI is InChI=1S/C14H13ClN4O/c1-8-11-12(19-14(15)16-8)17-10(13(20)18-11)7-9-5-3-2-4-6-9/h2-6,10H,7H2,1H3,(H,18,20)(H,16,17,19). The van der Waals surface area contributed by atoms with Gasteiger partial charge in [-0.15, -0.1) is 0 Å². The molecule has 1 aliphatic rings. The number of anilines is 2. The molecule has 2 heterocycles. The Balaban J connectivity index is 1.87. The molecule has 0 bridgehead atoms. The third-order valence-corrected chi connectivity index (χ3v) is 3.39. The van der Waals surface area contributed by atoms with Crippen molar-refractivity contribution >= 4 is 29.0 Å². The average Bonchev–Trinajstić information content (AvgIpc) is 2.42. The fraction of sp³-hybridized carbons (Fsp3) is 0.214. The molecule has 102 valence electrons. The highest BCUT2D eigenvalue weighted by Gasteiger charge is 2.28. The van der Waals surface area contributed by atoms with Crippen molar-refractivity contribution in [3.8, 4) is 0 Å². The van der Waals surface area contributed by atoms with Gasteiger partial charge in [-0.1, -0.05) is 30.3 Å². The Labute approximate surface area is 121 Å². The van der Waals surface area contributed by atoms with Crippen LogP contribution in [0.25, 0.3) is 0 Å². The predicted octanol–water partition coefficient (Wildman–Crippen LogP) is 2.41. The summed E-state index contributed by atoms with van der Waals surface area (Å²) in [4.78, 5) is 20.3. The van der Waals surface area contributed by atoms with Crippen molar-refractivity contribution in [3.05, 3.63) is 46.9 Å². The number of halogens is 1. The SMILES string of the molecule is Cc1nc(Cl)nc2c1NC(=O)C(Cc1ccccc1)N2. The molecule has 1 atom stereocenters. The molecule has 1 aromatic carbocycles. The maximum atomic E-state index is 12.1. The lowest BCUT2D eigenvalue weighted by Gasteiger charge is -2.26. The van der Waals surface area contributed by atoms with Crippen molar-refractivity contribution in [2.24, 2.45) is 0 Å². The molecule has 5 nitrogen and oxygen atoms in total. The van der Waals surface area contributed by atoms with Gasteiger partial charge in [0.15, 0.2) is 5.82 Å². The van der Waals surface area contributed by atoms with E-state index in [0.29, 0.717) is 23.6 Å². The zero-order chi connectivity index (χ0) is 14.1. The Kier molecular flexibility index (Phi) is 3.28. The Morgan fingerprint density at radius 2 is 2.00 bits per heavy atom. The van der Waals surface area contributed by atoms with Crippen LogP contribution in [0.15, 0.2) is 30.3 Å². The normalized spacial score (nSPS) is 17.1. The van der Waals surface area contributed by atoms with Gasteiger partial charge in [0.05, 0.1) is 5.69 Å². The maximum absolute atomic E-state index is 12.1. The minimum absolute atomic E-state index is 0.0876. The number of benzene rings is 1. The highest BCUT2D eigenvalue weighted by Crippen LogP contribution is 2.29. The number of amides is 1. The number of fused-ring (bicyclic) bond motifs is 1. The smallest absolute Gasteiger partial charge is 0.247 e. The molecule has 1 unspecified atom stereocenters. The van der Waals surface area contributed by atoms with Gasteiger partial charge in [0.1, 0.15) is 11.7 Å². The second kappa shape index (κ2) is 5.09. The van der Waals surface area contributed by atoms with E-state index in [0.717, 1.165) is 5.56 Å². The molecule has 0 fully saturated rings. The summed E-state index contributed by atoms with van der Waals surface area (Å²) in [5.41, 5.74) is 2.34. The van der Waals surface area contributed by atoms with Gasteiger partial charge in [0.2, 0.25) is 11.2 Å². The molecule has 0 radical (unpaired) electrons. The van der Waals surface area contributed by atoms with Crippen LogP contribution in [0.2, 0.25) is 5.28 Å². The molecule has 1 aliphatic heterocycles. The first-order chi connectivity index (χ1) is 9.63. The Morgan fingerprint density at radius 1 is 1.25 bits per heavy atom. The number of aromatic nitrogens is 2. The summed E-state index contributed by atoms with van der Waals surface area (Å²) in [6.07, 6.45) is 0.590. The van der Waals surface area contributed by atoms with Gasteiger partial charge in [-0.25, -0.2) is 4.98 Å². The van der Waals surface area contributed by atoms with Crippen LogP contribution in [0.4, 0.5) is 11.5 Å². The van der Waals surface area contributed by atoms with Gasteiger partial charge in [0, 0.05) is 6.42 Å². The first-order valence-corrected chi connectivity index (χ1v) is 6.67. The molecule has 6 heteroatoms. The summed E-state index contributed by atoms with van der Waals surface area (Å²) in [7, 11) is 0. The lowest BCUT2D eigenvalue weighted by atomic mass is 10.0. The van der Waals surface area contributed by atoms with Crippen LogP contribution >= 0.6 is 11.6 Å². The molecular formula is C14H13ClN4O. The highest BCUT2D eigenvalue weighted by molar-refractivity contribution is 6.28. The van der Waals surface area contributed by atoms with E-state index >= 15 is 0 Å². The van der Waals surface area contributed by atoms with Gasteiger partial charge < -0.3 is 10.6 Å². The van der Waals surface area contributed by atoms with E-state index in [1.807, 2.05) is 30.3 Å². The molecule has 0 saturated carbocycles. The topological polar surface area (TPSA) is 66.9 Å². The van der Waals surface area contributed by atoms with Gasteiger partial charge in [0.25, 0.3) is 0 Å². The summed E-state index contributed by atoms with van der Waals surface area (Å²) < 4.78 is 0. The van der Waals surface area contributed by atoms with Crippen LogP contribution in [0, 0.1) is 6.92 Å². The number of hydrogen-bond acceptors (Lipinski definition) is 4. The van der Waals surface area contributed by atoms with Gasteiger partial charge in [-0.2, -0.15) is 4.98 Å². The summed E-state index contributed by atoms with van der Waals surface area (Å²) in [5, 5.41) is 6.14. The first-order valence-electron chi connectivity index (χ1n) is 6.29. The summed E-state index contributed by atoms with van der Waals surface area (Å²) in [6.45, 7) is 1.78. The molecule has 2 aromatic rings. The van der Waals surface area contributed by atoms with E-state index in [4.69, 9.17) is 11.6 Å². The van der Waals surface area contributed by atoms with E-state index in [9.17, 15) is 4.79 Å². The van der Waals surface area contributed by atoms with Crippen molar-refractivity contribution in [2.75, 3.05) is 10.6 Å². The molecule has 0 saturated heterocycles. The molecular weight excluding hydrogens is 276 g/mol. The van der Waals surface area contributed by atoms with E-state index < -0.39 is 0 Å². The monoisotopic (exact) mass is 288 g/mol. The van der Waals surface area contributed by atoms with Crippen molar-refractivity contribution < 1.29 is 4.79 Å². The molecule has 0 aliphatic carbocycles. The first kappa shape index (κ1) is 12.9. The number of nitrogens with one attached hydrogen (secondary N) is 2. The molecule has 20 heavy (non-hydrogen) atoms. The lowest BCUT2D eigenvalue weighted by Crippen LogP contribution is -2.41.